The number of hydrogen-bond donors (Lipinski definition) is 2. The summed E-state index contributed by atoms with van der Waals surface area (Å²) in [4.78, 5) is 36.9. The molecule has 0 spiro atoms. The topological polar surface area (TPSA) is 132 Å². The van der Waals surface area contributed by atoms with Gasteiger partial charge >= 0.3 is 6.16 Å². The predicted molar refractivity (Wildman–Crippen MR) is 125 cm³/mol. The fourth-order valence-electron chi connectivity index (χ4n) is 3.44. The average Bonchev–Trinajstić information content (AvgIpc) is 2.82. The van der Waals surface area contributed by atoms with E-state index < -0.39 is 12.0 Å². The van der Waals surface area contributed by atoms with Crippen molar-refractivity contribution in [3.63, 3.8) is 0 Å². The van der Waals surface area contributed by atoms with Crippen LogP contribution in [0.4, 0.5) is 9.18 Å². The van der Waals surface area contributed by atoms with Crippen LogP contribution in [0, 0.1) is 12.7 Å². The first-order valence-electron chi connectivity index (χ1n) is 11.7. The van der Waals surface area contributed by atoms with E-state index in [4.69, 9.17) is 24.2 Å². The van der Waals surface area contributed by atoms with Crippen LogP contribution in [0.3, 0.4) is 0 Å². The molecule has 2 N–H and O–H groups in total. The van der Waals surface area contributed by atoms with Crippen molar-refractivity contribution < 1.29 is 38.1 Å². The number of rotatable bonds is 10. The van der Waals surface area contributed by atoms with Gasteiger partial charge in [-0.05, 0) is 38.5 Å². The van der Waals surface area contributed by atoms with Crippen molar-refractivity contribution >= 4 is 12.1 Å². The van der Waals surface area contributed by atoms with Gasteiger partial charge in [-0.1, -0.05) is 6.07 Å². The number of hydroxylamine groups is 2. The van der Waals surface area contributed by atoms with Crippen LogP contribution >= 0.6 is 0 Å². The van der Waals surface area contributed by atoms with E-state index in [0.717, 1.165) is 0 Å². The fraction of sp³-hybridized carbons (Fsp3) is 0.500. The number of hydrogen-bond acceptors (Lipinski definition) is 10. The molecule has 3 rings (SSSR count). The molecule has 1 fully saturated rings. The van der Waals surface area contributed by atoms with Crippen molar-refractivity contribution in [2.24, 2.45) is 0 Å². The first-order valence-corrected chi connectivity index (χ1v) is 11.7. The lowest BCUT2D eigenvalue weighted by Gasteiger charge is -2.30. The fourth-order valence-corrected chi connectivity index (χ4v) is 3.44. The van der Waals surface area contributed by atoms with Gasteiger partial charge < -0.3 is 29.5 Å². The number of carbonyl (C=O) groups is 2. The summed E-state index contributed by atoms with van der Waals surface area (Å²) in [6, 6.07) is 4.22. The van der Waals surface area contributed by atoms with Crippen LogP contribution in [0.25, 0.3) is 0 Å². The van der Waals surface area contributed by atoms with E-state index in [1.165, 1.54) is 23.5 Å². The summed E-state index contributed by atoms with van der Waals surface area (Å²) in [5, 5.41) is 12.8. The van der Waals surface area contributed by atoms with Gasteiger partial charge in [0.25, 0.3) is 0 Å². The highest BCUT2D eigenvalue weighted by molar-refractivity contribution is 5.78. The Balaban J connectivity index is 1.56. The molecule has 2 heterocycles. The molecule has 0 atom stereocenters. The average molecular weight is 507 g/mol. The first kappa shape index (κ1) is 27.1. The third-order valence-electron chi connectivity index (χ3n) is 5.21. The molecule has 0 radical (unpaired) electrons. The lowest BCUT2D eigenvalue weighted by atomic mass is 10.1. The number of aromatic nitrogens is 2. The van der Waals surface area contributed by atoms with Crippen LogP contribution in [0.15, 0.2) is 24.5 Å². The number of ether oxygens (including phenoxy) is 3. The number of amides is 1. The molecule has 1 saturated heterocycles. The zero-order valence-electron chi connectivity index (χ0n) is 20.5. The summed E-state index contributed by atoms with van der Waals surface area (Å²) >= 11 is 0. The monoisotopic (exact) mass is 506 g/mol. The van der Waals surface area contributed by atoms with Gasteiger partial charge in [-0.15, -0.1) is 5.06 Å². The number of aliphatic hydroxyl groups excluding tert-OH is 1. The van der Waals surface area contributed by atoms with Gasteiger partial charge in [-0.3, -0.25) is 4.79 Å². The first-order chi connectivity index (χ1) is 17.2. The van der Waals surface area contributed by atoms with E-state index in [9.17, 15) is 14.0 Å². The second-order valence-electron chi connectivity index (χ2n) is 8.48. The Kier molecular flexibility index (Phi) is 9.77. The Morgan fingerprint density at radius 1 is 1.22 bits per heavy atom. The zero-order chi connectivity index (χ0) is 26.1. The van der Waals surface area contributed by atoms with Crippen molar-refractivity contribution in [1.29, 1.82) is 0 Å². The molecule has 36 heavy (non-hydrogen) atoms. The van der Waals surface area contributed by atoms with Crippen LogP contribution in [0.5, 0.6) is 17.5 Å². The lowest BCUT2D eigenvalue weighted by molar-refractivity contribution is -0.151. The van der Waals surface area contributed by atoms with Crippen molar-refractivity contribution in [3.8, 4) is 17.5 Å². The zero-order valence-corrected chi connectivity index (χ0v) is 20.5. The summed E-state index contributed by atoms with van der Waals surface area (Å²) in [5.41, 5.74) is 0.968. The van der Waals surface area contributed by atoms with Gasteiger partial charge in [0.2, 0.25) is 17.7 Å². The molecular formula is C24H31FN4O7. The summed E-state index contributed by atoms with van der Waals surface area (Å²) in [7, 11) is 0. The van der Waals surface area contributed by atoms with Gasteiger partial charge in [-0.25, -0.2) is 19.2 Å². The van der Waals surface area contributed by atoms with Gasteiger partial charge in [0.05, 0.1) is 24.7 Å². The summed E-state index contributed by atoms with van der Waals surface area (Å²) in [5.74, 6) is -0.563. The molecule has 12 heteroatoms. The number of aliphatic hydroxyl groups is 1. The maximum atomic E-state index is 14.6. The van der Waals surface area contributed by atoms with Gasteiger partial charge in [-0.2, -0.15) is 0 Å². The second kappa shape index (κ2) is 13.0. The third kappa shape index (κ3) is 8.02. The molecule has 196 valence electrons. The third-order valence-corrected chi connectivity index (χ3v) is 5.21. The Morgan fingerprint density at radius 2 is 1.94 bits per heavy atom. The number of carbonyl (C=O) groups excluding carboxylic acids is 2. The van der Waals surface area contributed by atoms with E-state index >= 15 is 0 Å². The number of benzene rings is 1. The van der Waals surface area contributed by atoms with E-state index in [1.807, 2.05) is 0 Å². The highest BCUT2D eigenvalue weighted by atomic mass is 19.1. The van der Waals surface area contributed by atoms with Crippen molar-refractivity contribution in [2.75, 3.05) is 26.2 Å². The molecule has 0 saturated carbocycles. The minimum atomic E-state index is -0.733. The van der Waals surface area contributed by atoms with Crippen LogP contribution in [0.2, 0.25) is 0 Å². The number of piperidine rings is 1. The van der Waals surface area contributed by atoms with Crippen LogP contribution < -0.4 is 14.8 Å². The molecule has 0 unspecified atom stereocenters. The smallest absolute Gasteiger partial charge is 0.474 e. The van der Waals surface area contributed by atoms with Gasteiger partial charge in [0.15, 0.2) is 11.6 Å². The molecule has 0 bridgehead atoms. The number of nitrogens with one attached hydrogen (secondary N) is 1. The van der Waals surface area contributed by atoms with E-state index in [-0.39, 0.29) is 49.3 Å². The second-order valence-corrected chi connectivity index (χ2v) is 8.48. The van der Waals surface area contributed by atoms with Gasteiger partial charge in [0.1, 0.15) is 12.4 Å². The van der Waals surface area contributed by atoms with E-state index in [0.29, 0.717) is 42.9 Å². The number of nitrogens with zero attached hydrogens (tertiary/aromatic N) is 3. The Hall–Kier alpha value is -3.51. The Labute approximate surface area is 208 Å². The quantitative estimate of drug-likeness (QED) is 0.464. The van der Waals surface area contributed by atoms with Crippen molar-refractivity contribution in [1.82, 2.24) is 20.3 Å². The minimum absolute atomic E-state index is 0.0233. The van der Waals surface area contributed by atoms with Gasteiger partial charge in [0, 0.05) is 32.5 Å². The molecule has 1 aliphatic rings. The summed E-state index contributed by atoms with van der Waals surface area (Å²) < 4.78 is 31.3. The molecule has 0 aliphatic carbocycles. The largest absolute Gasteiger partial charge is 0.528 e. The maximum absolute atomic E-state index is 14.6. The summed E-state index contributed by atoms with van der Waals surface area (Å²) in [6.07, 6.45) is 1.28. The van der Waals surface area contributed by atoms with Crippen LogP contribution in [0.1, 0.15) is 37.8 Å². The van der Waals surface area contributed by atoms with Crippen LogP contribution in [-0.4, -0.2) is 70.6 Å². The Bertz CT molecular complexity index is 1050. The number of halogens is 1. The normalized spacial score (nSPS) is 14.4. The SMILES string of the molecule is Cc1c(Oc2ccc(CC(=O)NCCO)cc2F)ncnc1OC1CCN(OC(=O)OC(C)C)CC1. The van der Waals surface area contributed by atoms with E-state index in [1.54, 1.807) is 26.8 Å². The standard InChI is InChI=1S/C24H31FN4O7/c1-15(2)33-24(32)36-29-9-6-18(7-10-29)34-22-16(3)23(28-14-27-22)35-20-5-4-17(12-19(20)25)13-21(31)26-8-11-30/h4-5,12,14-15,18,30H,6-11,13H2,1-3H3,(H,26,31). The molecule has 1 aliphatic heterocycles. The lowest BCUT2D eigenvalue weighted by Crippen LogP contribution is -2.40. The van der Waals surface area contributed by atoms with E-state index in [2.05, 4.69) is 15.3 Å². The Morgan fingerprint density at radius 3 is 2.61 bits per heavy atom. The van der Waals surface area contributed by atoms with Crippen molar-refractivity contribution in [3.05, 3.63) is 41.5 Å². The molecule has 1 amide bonds. The molecule has 11 nitrogen and oxygen atoms in total. The highest BCUT2D eigenvalue weighted by Crippen LogP contribution is 2.30. The molecule has 1 aromatic carbocycles. The molecular weight excluding hydrogens is 475 g/mol. The molecule has 2 aromatic rings. The summed E-state index contributed by atoms with van der Waals surface area (Å²) in [6.45, 7) is 6.12. The minimum Gasteiger partial charge on any atom is -0.474 e. The van der Waals surface area contributed by atoms with Crippen LogP contribution in [-0.2, 0) is 20.8 Å². The molecule has 1 aromatic heterocycles. The highest BCUT2D eigenvalue weighted by Gasteiger charge is 2.25. The maximum Gasteiger partial charge on any atom is 0.528 e. The van der Waals surface area contributed by atoms with Crippen molar-refractivity contribution in [2.45, 2.75) is 52.2 Å². The predicted octanol–water partition coefficient (Wildman–Crippen LogP) is 2.69.